The van der Waals surface area contributed by atoms with Crippen molar-refractivity contribution in [3.63, 3.8) is 0 Å². The first-order valence-electron chi connectivity index (χ1n) is 9.37. The Kier molecular flexibility index (Phi) is 6.49. The molecule has 1 heteroatoms. The van der Waals surface area contributed by atoms with Crippen LogP contribution in [0, 0.1) is 28.6 Å². The van der Waals surface area contributed by atoms with E-state index >= 15 is 0 Å². The van der Waals surface area contributed by atoms with Gasteiger partial charge in [-0.1, -0.05) is 89.1 Å². The van der Waals surface area contributed by atoms with E-state index in [0.717, 1.165) is 0 Å². The van der Waals surface area contributed by atoms with Crippen molar-refractivity contribution in [3.8, 4) is 0 Å². The van der Waals surface area contributed by atoms with Crippen LogP contribution in [0.4, 0.5) is 0 Å². The van der Waals surface area contributed by atoms with Crippen molar-refractivity contribution in [2.24, 2.45) is 28.6 Å². The van der Waals surface area contributed by atoms with E-state index in [1.165, 1.54) is 31.8 Å². The Bertz CT molecular complexity index is 458. The molecule has 5 unspecified atom stereocenters. The first kappa shape index (κ1) is 18.7. The van der Waals surface area contributed by atoms with E-state index in [-0.39, 0.29) is 10.8 Å². The predicted molar refractivity (Wildman–Crippen MR) is 108 cm³/mol. The molecule has 0 aromatic heterocycles. The average Bonchev–Trinajstić information content (AvgIpc) is 2.53. The van der Waals surface area contributed by atoms with Gasteiger partial charge in [0.15, 0.2) is 0 Å². The molecule has 0 saturated carbocycles. The van der Waals surface area contributed by atoms with Crippen molar-refractivity contribution in [2.75, 3.05) is 6.16 Å². The minimum Gasteiger partial charge on any atom is -0.138 e. The summed E-state index contributed by atoms with van der Waals surface area (Å²) in [4.78, 5) is 0. The van der Waals surface area contributed by atoms with Gasteiger partial charge in [-0.05, 0) is 47.6 Å². The fraction of sp³-hybridized carbons (Fsp3) is 0.636. The Morgan fingerprint density at radius 3 is 1.78 bits per heavy atom. The van der Waals surface area contributed by atoms with Crippen LogP contribution in [0.3, 0.4) is 0 Å². The zero-order valence-corrected chi connectivity index (χ0v) is 16.6. The highest BCUT2D eigenvalue weighted by Gasteiger charge is 2.47. The molecule has 23 heavy (non-hydrogen) atoms. The summed E-state index contributed by atoms with van der Waals surface area (Å²) in [6.45, 7) is 9.77. The molecule has 0 aromatic carbocycles. The molecule has 0 fully saturated rings. The first-order chi connectivity index (χ1) is 10.9. The molecule has 0 saturated heterocycles. The van der Waals surface area contributed by atoms with Crippen molar-refractivity contribution < 1.29 is 0 Å². The summed E-state index contributed by atoms with van der Waals surface area (Å²) in [5, 5.41) is 0. The smallest absolute Gasteiger partial charge is 0.00466 e. The van der Waals surface area contributed by atoms with Crippen LogP contribution in [0.15, 0.2) is 48.6 Å². The quantitative estimate of drug-likeness (QED) is 0.365. The summed E-state index contributed by atoms with van der Waals surface area (Å²) in [6.07, 6.45) is 25.3. The summed E-state index contributed by atoms with van der Waals surface area (Å²) in [5.41, 5.74) is 0.489. The number of unbranched alkanes of at least 4 members (excludes halogenated alkanes) is 2. The highest BCUT2D eigenvalue weighted by Crippen LogP contribution is 2.54. The summed E-state index contributed by atoms with van der Waals surface area (Å²) < 4.78 is 0. The second-order valence-electron chi connectivity index (χ2n) is 7.99. The molecule has 0 amide bonds. The molecule has 0 radical (unpaired) electrons. The van der Waals surface area contributed by atoms with E-state index in [0.29, 0.717) is 17.8 Å². The maximum Gasteiger partial charge on any atom is -0.00466 e. The lowest BCUT2D eigenvalue weighted by Crippen LogP contribution is -2.45. The van der Waals surface area contributed by atoms with E-state index in [4.69, 9.17) is 0 Å². The van der Waals surface area contributed by atoms with Gasteiger partial charge in [-0.2, -0.15) is 0 Å². The van der Waals surface area contributed by atoms with E-state index in [9.17, 15) is 0 Å². The zero-order valence-electron chi connectivity index (χ0n) is 15.5. The normalized spacial score (nSPS) is 37.3. The van der Waals surface area contributed by atoms with E-state index in [2.05, 4.69) is 85.5 Å². The summed E-state index contributed by atoms with van der Waals surface area (Å²) in [7, 11) is 2.86. The molecule has 0 heterocycles. The Labute approximate surface area is 146 Å². The lowest BCUT2D eigenvalue weighted by molar-refractivity contribution is 0.0510. The van der Waals surface area contributed by atoms with E-state index in [1.54, 1.807) is 0 Å². The monoisotopic (exact) mass is 330 g/mol. The van der Waals surface area contributed by atoms with Gasteiger partial charge < -0.3 is 0 Å². The van der Waals surface area contributed by atoms with Crippen LogP contribution in [0.2, 0.25) is 0 Å². The van der Waals surface area contributed by atoms with Gasteiger partial charge in [-0.3, -0.25) is 0 Å². The fourth-order valence-corrected chi connectivity index (χ4v) is 4.82. The molecule has 0 aromatic rings. The third-order valence-electron chi connectivity index (χ3n) is 6.59. The number of hydrogen-bond donors (Lipinski definition) is 0. The van der Waals surface area contributed by atoms with Crippen LogP contribution in [-0.4, -0.2) is 6.16 Å². The van der Waals surface area contributed by atoms with Crippen molar-refractivity contribution in [3.05, 3.63) is 48.6 Å². The molecular weight excluding hydrogens is 295 g/mol. The van der Waals surface area contributed by atoms with E-state index in [1.807, 2.05) is 0 Å². The number of hydrogen-bond acceptors (Lipinski definition) is 0. The Morgan fingerprint density at radius 1 is 0.826 bits per heavy atom. The van der Waals surface area contributed by atoms with Crippen LogP contribution in [0.5, 0.6) is 0 Å². The summed E-state index contributed by atoms with van der Waals surface area (Å²) in [6, 6.07) is 0. The molecule has 0 nitrogen and oxygen atoms in total. The third kappa shape index (κ3) is 3.90. The van der Waals surface area contributed by atoms with Gasteiger partial charge in [0, 0.05) is 0 Å². The van der Waals surface area contributed by atoms with Crippen molar-refractivity contribution >= 4 is 9.24 Å². The molecule has 2 aliphatic carbocycles. The number of allylic oxidation sites excluding steroid dienone is 8. The number of rotatable bonds is 7. The largest absolute Gasteiger partial charge is 0.138 e. The molecule has 0 spiro atoms. The Balaban J connectivity index is 2.28. The molecule has 0 aliphatic heterocycles. The van der Waals surface area contributed by atoms with Crippen molar-refractivity contribution in [1.82, 2.24) is 0 Å². The molecule has 5 atom stereocenters. The third-order valence-corrected chi connectivity index (χ3v) is 7.00. The molecule has 128 valence electrons. The van der Waals surface area contributed by atoms with Crippen molar-refractivity contribution in [2.45, 2.75) is 53.4 Å². The SMILES string of the molecule is CC1C=CC=CC1(C)C(CCCCCP)C1(C)C=CC=CC1C. The van der Waals surface area contributed by atoms with Gasteiger partial charge in [0.05, 0.1) is 0 Å². The summed E-state index contributed by atoms with van der Waals surface area (Å²) >= 11 is 0. The maximum atomic E-state index is 2.86. The van der Waals surface area contributed by atoms with Crippen LogP contribution >= 0.6 is 9.24 Å². The van der Waals surface area contributed by atoms with Crippen LogP contribution in [-0.2, 0) is 0 Å². The topological polar surface area (TPSA) is 0 Å². The van der Waals surface area contributed by atoms with Crippen LogP contribution in [0.25, 0.3) is 0 Å². The average molecular weight is 330 g/mol. The molecule has 0 bridgehead atoms. The zero-order chi connectivity index (χ0) is 16.9. The Morgan fingerprint density at radius 2 is 1.35 bits per heavy atom. The van der Waals surface area contributed by atoms with Gasteiger partial charge in [0.25, 0.3) is 0 Å². The van der Waals surface area contributed by atoms with Gasteiger partial charge in [-0.15, -0.1) is 9.24 Å². The van der Waals surface area contributed by atoms with E-state index < -0.39 is 0 Å². The predicted octanol–water partition coefficient (Wildman–Crippen LogP) is 6.57. The first-order valence-corrected chi connectivity index (χ1v) is 10.2. The van der Waals surface area contributed by atoms with Gasteiger partial charge in [-0.25, -0.2) is 0 Å². The van der Waals surface area contributed by atoms with Gasteiger partial charge in [0.1, 0.15) is 0 Å². The maximum absolute atomic E-state index is 2.86. The highest BCUT2D eigenvalue weighted by atomic mass is 31.0. The molecule has 2 rings (SSSR count). The second kappa shape index (κ2) is 7.98. The molecule has 2 aliphatic rings. The second-order valence-corrected chi connectivity index (χ2v) is 8.57. The lowest BCUT2D eigenvalue weighted by atomic mass is 9.52. The lowest BCUT2D eigenvalue weighted by Gasteiger charge is -2.51. The van der Waals surface area contributed by atoms with Crippen LogP contribution in [0.1, 0.15) is 53.4 Å². The van der Waals surface area contributed by atoms with Gasteiger partial charge >= 0.3 is 0 Å². The minimum absolute atomic E-state index is 0.244. The minimum atomic E-state index is 0.244. The van der Waals surface area contributed by atoms with Gasteiger partial charge in [0.2, 0.25) is 0 Å². The molecular formula is C22H35P. The standard InChI is InChI=1S/C22H35P/c1-18-12-7-9-15-21(18,3)20(14-6-5-11-17-23)22(4)16-10-8-13-19(22)2/h7-10,12-13,15-16,18-20H,5-6,11,14,17,23H2,1-4H3. The Hall–Kier alpha value is -0.610. The fourth-order valence-electron chi connectivity index (χ4n) is 4.53. The highest BCUT2D eigenvalue weighted by molar-refractivity contribution is 7.16. The van der Waals surface area contributed by atoms with Crippen LogP contribution < -0.4 is 0 Å². The summed E-state index contributed by atoms with van der Waals surface area (Å²) in [5.74, 6) is 1.87. The van der Waals surface area contributed by atoms with Crippen molar-refractivity contribution in [1.29, 1.82) is 0 Å². The molecule has 0 N–H and O–H groups in total.